The van der Waals surface area contributed by atoms with Crippen molar-refractivity contribution >= 4 is 16.9 Å². The molecule has 4 aromatic rings. The number of likely N-dealkylation sites (N-methyl/N-ethyl adjacent to an activating group) is 1. The summed E-state index contributed by atoms with van der Waals surface area (Å²) in [6.45, 7) is 4.62. The molecule has 1 amide bonds. The molecule has 32 heavy (non-hydrogen) atoms. The third kappa shape index (κ3) is 4.23. The predicted octanol–water partition coefficient (Wildman–Crippen LogP) is 4.22. The summed E-state index contributed by atoms with van der Waals surface area (Å²) in [5.41, 5.74) is 2.46. The number of pyridine rings is 1. The minimum atomic E-state index is -2.69. The molecule has 3 heterocycles. The molecule has 3 aromatic heterocycles. The molecule has 0 fully saturated rings. The van der Waals surface area contributed by atoms with Gasteiger partial charge in [-0.1, -0.05) is 30.3 Å². The molecule has 0 saturated carbocycles. The van der Waals surface area contributed by atoms with Crippen LogP contribution in [-0.4, -0.2) is 42.4 Å². The summed E-state index contributed by atoms with van der Waals surface area (Å²) < 4.78 is 31.0. The maximum absolute atomic E-state index is 13.9. The van der Waals surface area contributed by atoms with Gasteiger partial charge in [0, 0.05) is 30.9 Å². The van der Waals surface area contributed by atoms with Crippen molar-refractivity contribution in [3.63, 3.8) is 0 Å². The Balaban J connectivity index is 1.67. The van der Waals surface area contributed by atoms with Gasteiger partial charge in [0.2, 0.25) is 5.91 Å². The zero-order valence-electron chi connectivity index (χ0n) is 18.2. The number of carbonyl (C=O) groups excluding carboxylic acids is 1. The van der Waals surface area contributed by atoms with Crippen LogP contribution in [0.3, 0.4) is 0 Å². The van der Waals surface area contributed by atoms with Crippen LogP contribution in [-0.2, 0) is 24.4 Å². The smallest absolute Gasteiger partial charge is 0.264 e. The maximum Gasteiger partial charge on any atom is 0.264 e. The Morgan fingerprint density at radius 1 is 1.16 bits per heavy atom. The molecule has 7 nitrogen and oxygen atoms in total. The van der Waals surface area contributed by atoms with Gasteiger partial charge in [0.1, 0.15) is 6.54 Å². The summed E-state index contributed by atoms with van der Waals surface area (Å²) >= 11 is 0. The van der Waals surface area contributed by atoms with Gasteiger partial charge < -0.3 is 4.90 Å². The van der Waals surface area contributed by atoms with E-state index < -0.39 is 6.43 Å². The average Bonchev–Trinajstić information content (AvgIpc) is 3.37. The van der Waals surface area contributed by atoms with Crippen LogP contribution in [0, 0.1) is 6.92 Å². The highest BCUT2D eigenvalue weighted by atomic mass is 19.3. The number of carbonyl (C=O) groups is 1. The summed E-state index contributed by atoms with van der Waals surface area (Å²) in [6.07, 6.45) is -0.829. The van der Waals surface area contributed by atoms with Gasteiger partial charge in [-0.3, -0.25) is 9.48 Å². The first kappa shape index (κ1) is 21.6. The van der Waals surface area contributed by atoms with Gasteiger partial charge in [-0.15, -0.1) is 0 Å². The molecule has 0 bridgehead atoms. The van der Waals surface area contributed by atoms with E-state index in [1.54, 1.807) is 23.6 Å². The molecule has 0 aliphatic carbocycles. The standard InChI is InChI=1S/C23H24F2N6O/c1-4-30-11-10-17(28-30)13-29(3)20(32)14-31-23-21(15(2)27-31)18(22(24)25)12-19(26-23)16-8-6-5-7-9-16/h5-12,22H,4,13-14H2,1-3H3. The van der Waals surface area contributed by atoms with Crippen LogP contribution in [0.2, 0.25) is 0 Å². The van der Waals surface area contributed by atoms with Crippen molar-refractivity contribution in [2.75, 3.05) is 7.05 Å². The fraction of sp³-hybridized carbons (Fsp3) is 0.304. The van der Waals surface area contributed by atoms with E-state index in [1.807, 2.05) is 49.5 Å². The first-order chi connectivity index (χ1) is 15.4. The van der Waals surface area contributed by atoms with Crippen LogP contribution in [0.1, 0.15) is 30.3 Å². The van der Waals surface area contributed by atoms with Crippen molar-refractivity contribution in [1.82, 2.24) is 29.4 Å². The topological polar surface area (TPSA) is 68.8 Å². The molecule has 0 saturated heterocycles. The van der Waals surface area contributed by atoms with E-state index in [0.29, 0.717) is 17.9 Å². The highest BCUT2D eigenvalue weighted by molar-refractivity contribution is 5.87. The molecule has 0 N–H and O–H groups in total. The first-order valence-electron chi connectivity index (χ1n) is 10.3. The van der Waals surface area contributed by atoms with Crippen molar-refractivity contribution < 1.29 is 13.6 Å². The van der Waals surface area contributed by atoms with E-state index in [2.05, 4.69) is 15.2 Å². The third-order valence-corrected chi connectivity index (χ3v) is 5.34. The maximum atomic E-state index is 13.9. The van der Waals surface area contributed by atoms with Gasteiger partial charge in [0.15, 0.2) is 5.65 Å². The van der Waals surface area contributed by atoms with Gasteiger partial charge in [-0.05, 0) is 26.0 Å². The van der Waals surface area contributed by atoms with Crippen LogP contribution in [0.5, 0.6) is 0 Å². The normalized spacial score (nSPS) is 11.4. The molecule has 9 heteroatoms. The number of benzene rings is 1. The number of hydrogen-bond donors (Lipinski definition) is 0. The zero-order valence-corrected chi connectivity index (χ0v) is 18.2. The number of amides is 1. The summed E-state index contributed by atoms with van der Waals surface area (Å²) in [5.74, 6) is -0.217. The summed E-state index contributed by atoms with van der Waals surface area (Å²) in [6, 6.07) is 12.4. The van der Waals surface area contributed by atoms with Gasteiger partial charge in [0.25, 0.3) is 6.43 Å². The van der Waals surface area contributed by atoms with Crippen molar-refractivity contribution in [3.8, 4) is 11.3 Å². The van der Waals surface area contributed by atoms with Crippen LogP contribution in [0.15, 0.2) is 48.7 Å². The van der Waals surface area contributed by atoms with Crippen LogP contribution < -0.4 is 0 Å². The molecule has 166 valence electrons. The van der Waals surface area contributed by atoms with E-state index in [4.69, 9.17) is 0 Å². The lowest BCUT2D eigenvalue weighted by Gasteiger charge is -2.16. The monoisotopic (exact) mass is 438 g/mol. The van der Waals surface area contributed by atoms with E-state index in [9.17, 15) is 13.6 Å². The van der Waals surface area contributed by atoms with E-state index >= 15 is 0 Å². The number of fused-ring (bicyclic) bond motifs is 1. The fourth-order valence-electron chi connectivity index (χ4n) is 3.67. The van der Waals surface area contributed by atoms with E-state index in [1.165, 1.54) is 10.7 Å². The lowest BCUT2D eigenvalue weighted by molar-refractivity contribution is -0.131. The summed E-state index contributed by atoms with van der Waals surface area (Å²) in [4.78, 5) is 19.0. The molecule has 0 atom stereocenters. The second-order valence-electron chi connectivity index (χ2n) is 7.62. The van der Waals surface area contributed by atoms with Gasteiger partial charge in [-0.25, -0.2) is 18.4 Å². The lowest BCUT2D eigenvalue weighted by Crippen LogP contribution is -2.30. The Hall–Kier alpha value is -3.62. The van der Waals surface area contributed by atoms with Crippen molar-refractivity contribution in [2.45, 2.75) is 39.9 Å². The Morgan fingerprint density at radius 3 is 2.56 bits per heavy atom. The van der Waals surface area contributed by atoms with Crippen molar-refractivity contribution in [3.05, 3.63) is 65.6 Å². The highest BCUT2D eigenvalue weighted by Crippen LogP contribution is 2.33. The molecule has 4 rings (SSSR count). The molecule has 0 aliphatic heterocycles. The van der Waals surface area contributed by atoms with E-state index in [0.717, 1.165) is 17.8 Å². The van der Waals surface area contributed by atoms with Gasteiger partial charge in [0.05, 0.1) is 29.0 Å². The molecule has 0 unspecified atom stereocenters. The second kappa shape index (κ2) is 8.86. The molecule has 0 aliphatic rings. The third-order valence-electron chi connectivity index (χ3n) is 5.34. The number of aromatic nitrogens is 5. The number of nitrogens with zero attached hydrogens (tertiary/aromatic N) is 6. The highest BCUT2D eigenvalue weighted by Gasteiger charge is 2.22. The Kier molecular flexibility index (Phi) is 5.98. The summed E-state index contributed by atoms with van der Waals surface area (Å²) in [5, 5.41) is 9.05. The van der Waals surface area contributed by atoms with Crippen LogP contribution >= 0.6 is 0 Å². The molecule has 1 aromatic carbocycles. The molecular weight excluding hydrogens is 414 g/mol. The van der Waals surface area contributed by atoms with Crippen molar-refractivity contribution in [2.24, 2.45) is 0 Å². The van der Waals surface area contributed by atoms with Gasteiger partial charge in [-0.2, -0.15) is 10.2 Å². The number of halogens is 2. The summed E-state index contributed by atoms with van der Waals surface area (Å²) in [7, 11) is 1.68. The zero-order chi connectivity index (χ0) is 22.8. The number of alkyl halides is 2. The van der Waals surface area contributed by atoms with Crippen LogP contribution in [0.25, 0.3) is 22.3 Å². The first-order valence-corrected chi connectivity index (χ1v) is 10.3. The van der Waals surface area contributed by atoms with Gasteiger partial charge >= 0.3 is 0 Å². The number of rotatable bonds is 7. The Labute approximate surface area is 184 Å². The predicted molar refractivity (Wildman–Crippen MR) is 117 cm³/mol. The number of aryl methyl sites for hydroxylation is 2. The minimum Gasteiger partial charge on any atom is -0.338 e. The van der Waals surface area contributed by atoms with Crippen LogP contribution in [0.4, 0.5) is 8.78 Å². The second-order valence-corrected chi connectivity index (χ2v) is 7.62. The van der Waals surface area contributed by atoms with Crippen molar-refractivity contribution in [1.29, 1.82) is 0 Å². The Bertz CT molecular complexity index is 1250. The minimum absolute atomic E-state index is 0.108. The molecule has 0 spiro atoms. The van der Waals surface area contributed by atoms with E-state index in [-0.39, 0.29) is 29.0 Å². The SMILES string of the molecule is CCn1ccc(CN(C)C(=O)Cn2nc(C)c3c(C(F)F)cc(-c4ccccc4)nc32)n1. The Morgan fingerprint density at radius 2 is 1.91 bits per heavy atom. The fourth-order valence-corrected chi connectivity index (χ4v) is 3.67. The molecular formula is C23H24F2N6O. The molecule has 0 radical (unpaired) electrons. The quantitative estimate of drug-likeness (QED) is 0.433. The largest absolute Gasteiger partial charge is 0.338 e. The number of hydrogen-bond acceptors (Lipinski definition) is 4. The lowest BCUT2D eigenvalue weighted by atomic mass is 10.1. The average molecular weight is 438 g/mol.